The highest BCUT2D eigenvalue weighted by Gasteiger charge is 2.29. The summed E-state index contributed by atoms with van der Waals surface area (Å²) in [6.07, 6.45) is 22.6. The molecule has 2 aromatic carbocycles. The third-order valence-electron chi connectivity index (χ3n) is 8.90. The zero-order chi connectivity index (χ0) is 27.5. The van der Waals surface area contributed by atoms with E-state index in [0.717, 1.165) is 62.9 Å². The molecule has 2 aliphatic carbocycles. The number of halogens is 2. The number of hydrogen-bond donors (Lipinski definition) is 0. The third kappa shape index (κ3) is 8.53. The normalized spacial score (nSPS) is 21.7. The molecule has 212 valence electrons. The molecule has 0 radical (unpaired) electrons. The zero-order valence-corrected chi connectivity index (χ0v) is 24.2. The fourth-order valence-corrected chi connectivity index (χ4v) is 6.46. The Balaban J connectivity index is 1.20. The highest BCUT2D eigenvalue weighted by Crippen LogP contribution is 2.42. The van der Waals surface area contributed by atoms with Gasteiger partial charge in [0.1, 0.15) is 0 Å². The largest absolute Gasteiger partial charge is 0.490 e. The van der Waals surface area contributed by atoms with Crippen LogP contribution in [-0.4, -0.2) is 6.61 Å². The van der Waals surface area contributed by atoms with E-state index in [9.17, 15) is 8.78 Å². The molecule has 1 nitrogen and oxygen atoms in total. The first-order valence-electron chi connectivity index (χ1n) is 15.6. The molecular formula is C36H48F2O. The minimum absolute atomic E-state index is 0.0357. The van der Waals surface area contributed by atoms with Gasteiger partial charge in [0.05, 0.1) is 6.61 Å². The van der Waals surface area contributed by atoms with E-state index in [4.69, 9.17) is 4.74 Å². The molecule has 0 heterocycles. The number of unbranched alkanes of at least 4 members (excludes halogenated alkanes) is 2. The van der Waals surface area contributed by atoms with E-state index in [-0.39, 0.29) is 5.75 Å². The number of aryl methyl sites for hydroxylation is 2. The van der Waals surface area contributed by atoms with Crippen LogP contribution in [0, 0.1) is 29.4 Å². The van der Waals surface area contributed by atoms with Gasteiger partial charge in [-0.05, 0) is 117 Å². The molecule has 39 heavy (non-hydrogen) atoms. The molecule has 2 aliphatic rings. The predicted octanol–water partition coefficient (Wildman–Crippen LogP) is 10.7. The van der Waals surface area contributed by atoms with E-state index in [2.05, 4.69) is 56.3 Å². The van der Waals surface area contributed by atoms with Crippen molar-refractivity contribution in [3.63, 3.8) is 0 Å². The smallest absolute Gasteiger partial charge is 0.201 e. The number of hydrogen-bond acceptors (Lipinski definition) is 1. The molecule has 0 aromatic heterocycles. The Hall–Kier alpha value is -2.42. The zero-order valence-electron chi connectivity index (χ0n) is 24.2. The Morgan fingerprint density at radius 1 is 0.795 bits per heavy atom. The summed E-state index contributed by atoms with van der Waals surface area (Å²) in [6.45, 7) is 4.77. The van der Waals surface area contributed by atoms with Gasteiger partial charge >= 0.3 is 0 Å². The van der Waals surface area contributed by atoms with Gasteiger partial charge in [-0.25, -0.2) is 4.39 Å². The van der Waals surface area contributed by atoms with E-state index in [1.807, 2.05) is 0 Å². The van der Waals surface area contributed by atoms with E-state index in [1.165, 1.54) is 49.7 Å². The van der Waals surface area contributed by atoms with Gasteiger partial charge in [0.2, 0.25) is 5.82 Å². The van der Waals surface area contributed by atoms with Gasteiger partial charge in [0.15, 0.2) is 11.6 Å². The lowest BCUT2D eigenvalue weighted by Gasteiger charge is -2.35. The number of rotatable bonds is 13. The second kappa shape index (κ2) is 15.4. The Morgan fingerprint density at radius 3 is 2.21 bits per heavy atom. The van der Waals surface area contributed by atoms with E-state index < -0.39 is 11.6 Å². The first kappa shape index (κ1) is 29.6. The number of benzene rings is 2. The average Bonchev–Trinajstić information content (AvgIpc) is 2.97. The van der Waals surface area contributed by atoms with Gasteiger partial charge in [-0.3, -0.25) is 0 Å². The van der Waals surface area contributed by atoms with Gasteiger partial charge in [-0.15, -0.1) is 0 Å². The highest BCUT2D eigenvalue weighted by molar-refractivity contribution is 5.67. The third-order valence-corrected chi connectivity index (χ3v) is 8.90. The van der Waals surface area contributed by atoms with Crippen LogP contribution in [0.25, 0.3) is 5.57 Å². The van der Waals surface area contributed by atoms with E-state index in [1.54, 1.807) is 12.1 Å². The quantitative estimate of drug-likeness (QED) is 0.183. The molecule has 2 aromatic rings. The molecule has 1 saturated carbocycles. The number of allylic oxidation sites excluding steroid dienone is 4. The molecule has 0 saturated heterocycles. The van der Waals surface area contributed by atoms with Crippen LogP contribution in [0.1, 0.15) is 108 Å². The molecule has 0 spiro atoms. The topological polar surface area (TPSA) is 9.23 Å². The maximum atomic E-state index is 14.9. The first-order chi connectivity index (χ1) is 19.1. The second-order valence-corrected chi connectivity index (χ2v) is 11.8. The summed E-state index contributed by atoms with van der Waals surface area (Å²) in [4.78, 5) is 0. The van der Waals surface area contributed by atoms with Crippen LogP contribution in [0.4, 0.5) is 8.78 Å². The molecule has 0 N–H and O–H groups in total. The number of ether oxygens (including phenoxy) is 1. The fourth-order valence-electron chi connectivity index (χ4n) is 6.46. The predicted molar refractivity (Wildman–Crippen MR) is 160 cm³/mol. The van der Waals surface area contributed by atoms with Crippen molar-refractivity contribution in [3.05, 3.63) is 83.0 Å². The maximum absolute atomic E-state index is 14.9. The van der Waals surface area contributed by atoms with Crippen molar-refractivity contribution in [2.45, 2.75) is 104 Å². The van der Waals surface area contributed by atoms with Gasteiger partial charge in [-0.2, -0.15) is 4.39 Å². The van der Waals surface area contributed by atoms with Crippen molar-refractivity contribution in [2.75, 3.05) is 6.61 Å². The molecule has 4 rings (SSSR count). The lowest BCUT2D eigenvalue weighted by molar-refractivity contribution is 0.212. The molecule has 1 atom stereocenters. The van der Waals surface area contributed by atoms with E-state index in [0.29, 0.717) is 24.0 Å². The summed E-state index contributed by atoms with van der Waals surface area (Å²) in [5, 5.41) is 0. The van der Waals surface area contributed by atoms with Crippen molar-refractivity contribution in [1.29, 1.82) is 0 Å². The minimum atomic E-state index is -0.844. The monoisotopic (exact) mass is 534 g/mol. The summed E-state index contributed by atoms with van der Waals surface area (Å²) >= 11 is 0. The fraction of sp³-hybridized carbons (Fsp3) is 0.556. The summed E-state index contributed by atoms with van der Waals surface area (Å²) in [5.74, 6) is 0.575. The Bertz CT molecular complexity index is 1080. The highest BCUT2D eigenvalue weighted by atomic mass is 19.2. The summed E-state index contributed by atoms with van der Waals surface area (Å²) in [7, 11) is 0. The standard InChI is InChI=1S/C36H48F2O/c1-3-5-8-26-39-34-25-24-33(35(37)36(34)38)32-22-20-31(21-23-32)30-18-16-29(17-19-30)11-7-6-10-28-14-12-27(9-4-2)13-15-28/h7,11-15,22,24-25,29-31H,3-6,8-10,16-21,23,26H2,1-2H3/b11-7+. The van der Waals surface area contributed by atoms with Crippen molar-refractivity contribution >= 4 is 5.57 Å². The Morgan fingerprint density at radius 2 is 1.54 bits per heavy atom. The van der Waals surface area contributed by atoms with Gasteiger partial charge in [-0.1, -0.05) is 75.6 Å². The second-order valence-electron chi connectivity index (χ2n) is 11.8. The van der Waals surface area contributed by atoms with Crippen LogP contribution in [0.2, 0.25) is 0 Å². The Labute approximate surface area is 235 Å². The van der Waals surface area contributed by atoms with E-state index >= 15 is 0 Å². The van der Waals surface area contributed by atoms with Crippen LogP contribution in [-0.2, 0) is 12.8 Å². The first-order valence-corrected chi connectivity index (χ1v) is 15.6. The van der Waals surface area contributed by atoms with Crippen LogP contribution >= 0.6 is 0 Å². The minimum Gasteiger partial charge on any atom is -0.490 e. The van der Waals surface area contributed by atoms with Crippen molar-refractivity contribution in [3.8, 4) is 5.75 Å². The van der Waals surface area contributed by atoms with Crippen LogP contribution < -0.4 is 4.74 Å². The van der Waals surface area contributed by atoms with Gasteiger partial charge in [0.25, 0.3) is 0 Å². The molecule has 1 fully saturated rings. The maximum Gasteiger partial charge on any atom is 0.201 e. The van der Waals surface area contributed by atoms with Crippen LogP contribution in [0.3, 0.4) is 0 Å². The summed E-state index contributed by atoms with van der Waals surface area (Å²) in [5.41, 5.74) is 4.24. The SMILES string of the molecule is CCCCCOc1ccc(C2=CCC(C3CCC(/C=C/CCc4ccc(CCC)cc4)CC3)CC2)c(F)c1F. The molecule has 0 aliphatic heterocycles. The molecule has 1 unspecified atom stereocenters. The summed E-state index contributed by atoms with van der Waals surface area (Å²) < 4.78 is 35.0. The van der Waals surface area contributed by atoms with Crippen molar-refractivity contribution in [2.24, 2.45) is 17.8 Å². The molecular weight excluding hydrogens is 486 g/mol. The lowest BCUT2D eigenvalue weighted by atomic mass is 9.71. The Kier molecular flexibility index (Phi) is 11.7. The van der Waals surface area contributed by atoms with Crippen LogP contribution in [0.5, 0.6) is 5.75 Å². The van der Waals surface area contributed by atoms with Crippen molar-refractivity contribution in [1.82, 2.24) is 0 Å². The summed E-state index contributed by atoms with van der Waals surface area (Å²) in [6, 6.07) is 12.4. The van der Waals surface area contributed by atoms with Gasteiger partial charge in [0, 0.05) is 5.56 Å². The molecule has 3 heteroatoms. The lowest BCUT2D eigenvalue weighted by Crippen LogP contribution is -2.22. The molecule has 0 amide bonds. The van der Waals surface area contributed by atoms with Crippen molar-refractivity contribution < 1.29 is 13.5 Å². The van der Waals surface area contributed by atoms with Gasteiger partial charge < -0.3 is 4.74 Å². The molecule has 0 bridgehead atoms. The van der Waals surface area contributed by atoms with Crippen LogP contribution in [0.15, 0.2) is 54.6 Å². The average molecular weight is 535 g/mol.